The molecule has 3 rings (SSSR count). The van der Waals surface area contributed by atoms with Gasteiger partial charge in [0.2, 0.25) is 0 Å². The van der Waals surface area contributed by atoms with Crippen LogP contribution in [-0.4, -0.2) is 66.4 Å². The molecule has 26 heavy (non-hydrogen) atoms. The van der Waals surface area contributed by atoms with Gasteiger partial charge in [-0.3, -0.25) is 14.8 Å². The summed E-state index contributed by atoms with van der Waals surface area (Å²) < 4.78 is 5.49. The van der Waals surface area contributed by atoms with Crippen molar-refractivity contribution in [2.75, 3.05) is 39.4 Å². The molecule has 0 bridgehead atoms. The number of halogens is 1. The van der Waals surface area contributed by atoms with Crippen molar-refractivity contribution < 1.29 is 9.53 Å². The topological polar surface area (TPSA) is 82.3 Å². The molecule has 1 aromatic rings. The van der Waals surface area contributed by atoms with Crippen molar-refractivity contribution in [1.29, 1.82) is 0 Å². The first-order valence-electron chi connectivity index (χ1n) is 9.61. The van der Waals surface area contributed by atoms with E-state index in [1.54, 1.807) is 0 Å². The van der Waals surface area contributed by atoms with Gasteiger partial charge in [-0.1, -0.05) is 26.7 Å². The minimum absolute atomic E-state index is 0. The quantitative estimate of drug-likeness (QED) is 0.660. The largest absolute Gasteiger partial charge is 0.379 e. The molecule has 0 saturated carbocycles. The maximum atomic E-state index is 12.7. The Labute approximate surface area is 162 Å². The predicted molar refractivity (Wildman–Crippen MR) is 104 cm³/mol. The monoisotopic (exact) mass is 385 g/mol. The van der Waals surface area contributed by atoms with Crippen molar-refractivity contribution in [1.82, 2.24) is 25.7 Å². The van der Waals surface area contributed by atoms with Crippen molar-refractivity contribution in [3.05, 3.63) is 17.0 Å². The second-order valence-corrected chi connectivity index (χ2v) is 6.96. The van der Waals surface area contributed by atoms with E-state index in [2.05, 4.69) is 39.6 Å². The molecule has 148 valence electrons. The van der Waals surface area contributed by atoms with Gasteiger partial charge in [-0.05, 0) is 5.92 Å². The standard InChI is InChI=1S/C18H31N5O2.ClH/c1-3-13(4-2)16(23-7-9-25-10-8-23)12-20-18(24)17-14-11-19-6-5-15(14)21-22-17;/h13,16,19H,3-12H2,1-2H3,(H,20,24)(H,21,22);1H. The lowest BCUT2D eigenvalue weighted by Crippen LogP contribution is -2.52. The summed E-state index contributed by atoms with van der Waals surface area (Å²) in [6, 6.07) is 0.357. The summed E-state index contributed by atoms with van der Waals surface area (Å²) in [6.45, 7) is 10.2. The second kappa shape index (κ2) is 10.3. The number of nitrogens with one attached hydrogen (secondary N) is 3. The van der Waals surface area contributed by atoms with Crippen LogP contribution in [0.15, 0.2) is 0 Å². The molecule has 3 heterocycles. The number of nitrogens with zero attached hydrogens (tertiary/aromatic N) is 2. The molecule has 1 atom stereocenters. The molecule has 2 aliphatic rings. The second-order valence-electron chi connectivity index (χ2n) is 6.96. The molecule has 0 aliphatic carbocycles. The number of carbonyl (C=O) groups is 1. The third kappa shape index (κ3) is 4.76. The average molecular weight is 386 g/mol. The summed E-state index contributed by atoms with van der Waals surface area (Å²) >= 11 is 0. The molecule has 8 heteroatoms. The minimum atomic E-state index is -0.0644. The Hall–Kier alpha value is -1.15. The first-order valence-corrected chi connectivity index (χ1v) is 9.61. The highest BCUT2D eigenvalue weighted by atomic mass is 35.5. The number of aromatic nitrogens is 2. The van der Waals surface area contributed by atoms with Gasteiger partial charge in [0.1, 0.15) is 0 Å². The number of hydrogen-bond donors (Lipinski definition) is 3. The molecule has 2 aliphatic heterocycles. The van der Waals surface area contributed by atoms with Crippen LogP contribution in [0.3, 0.4) is 0 Å². The number of rotatable bonds is 7. The van der Waals surface area contributed by atoms with Gasteiger partial charge >= 0.3 is 0 Å². The molecule has 0 aromatic carbocycles. The van der Waals surface area contributed by atoms with E-state index in [1.165, 1.54) is 0 Å². The molecular formula is C18H32ClN5O2. The third-order valence-corrected chi connectivity index (χ3v) is 5.60. The zero-order valence-electron chi connectivity index (χ0n) is 15.8. The van der Waals surface area contributed by atoms with Crippen molar-refractivity contribution in [3.63, 3.8) is 0 Å². The smallest absolute Gasteiger partial charge is 0.272 e. The van der Waals surface area contributed by atoms with Crippen molar-refractivity contribution in [2.45, 2.75) is 45.7 Å². The van der Waals surface area contributed by atoms with Gasteiger partial charge in [0.05, 0.1) is 13.2 Å². The van der Waals surface area contributed by atoms with E-state index in [0.717, 1.165) is 63.4 Å². The highest BCUT2D eigenvalue weighted by Gasteiger charge is 2.28. The summed E-state index contributed by atoms with van der Waals surface area (Å²) in [4.78, 5) is 15.2. The van der Waals surface area contributed by atoms with Gasteiger partial charge in [-0.15, -0.1) is 12.4 Å². The van der Waals surface area contributed by atoms with Crippen molar-refractivity contribution in [2.24, 2.45) is 5.92 Å². The van der Waals surface area contributed by atoms with Crippen LogP contribution in [0, 0.1) is 5.92 Å². The molecule has 1 saturated heterocycles. The molecular weight excluding hydrogens is 354 g/mol. The van der Waals surface area contributed by atoms with Gasteiger partial charge < -0.3 is 15.4 Å². The number of morpholine rings is 1. The summed E-state index contributed by atoms with van der Waals surface area (Å²) in [5.74, 6) is 0.513. The summed E-state index contributed by atoms with van der Waals surface area (Å²) in [7, 11) is 0. The number of ether oxygens (including phenoxy) is 1. The summed E-state index contributed by atoms with van der Waals surface area (Å²) in [5.41, 5.74) is 2.66. The number of fused-ring (bicyclic) bond motifs is 1. The number of hydrogen-bond acceptors (Lipinski definition) is 5. The maximum absolute atomic E-state index is 12.7. The number of aromatic amines is 1. The van der Waals surface area contributed by atoms with Gasteiger partial charge in [0.25, 0.3) is 5.91 Å². The van der Waals surface area contributed by atoms with Crippen LogP contribution in [0.25, 0.3) is 0 Å². The lowest BCUT2D eigenvalue weighted by atomic mass is 9.92. The SMILES string of the molecule is CCC(CC)C(CNC(=O)c1n[nH]c2c1CNCC2)N1CCOCC1.Cl. The molecule has 0 radical (unpaired) electrons. The highest BCUT2D eigenvalue weighted by Crippen LogP contribution is 2.20. The van der Waals surface area contributed by atoms with Crippen LogP contribution in [0.1, 0.15) is 48.4 Å². The van der Waals surface area contributed by atoms with Crippen LogP contribution in [0.2, 0.25) is 0 Å². The summed E-state index contributed by atoms with van der Waals surface area (Å²) in [6.07, 6.45) is 3.14. The fourth-order valence-electron chi connectivity index (χ4n) is 4.03. The van der Waals surface area contributed by atoms with E-state index in [0.29, 0.717) is 30.7 Å². The number of H-pyrrole nitrogens is 1. The Kier molecular flexibility index (Phi) is 8.34. The first-order chi connectivity index (χ1) is 12.2. The Balaban J connectivity index is 0.00000243. The van der Waals surface area contributed by atoms with Crippen LogP contribution in [0.4, 0.5) is 0 Å². The van der Waals surface area contributed by atoms with Gasteiger partial charge in [0, 0.05) is 56.4 Å². The van der Waals surface area contributed by atoms with Crippen LogP contribution < -0.4 is 10.6 Å². The normalized spacial score (nSPS) is 18.9. The Morgan fingerprint density at radius 1 is 1.31 bits per heavy atom. The van der Waals surface area contributed by atoms with E-state index < -0.39 is 0 Å². The van der Waals surface area contributed by atoms with E-state index in [9.17, 15) is 4.79 Å². The Morgan fingerprint density at radius 2 is 2.04 bits per heavy atom. The Morgan fingerprint density at radius 3 is 2.73 bits per heavy atom. The number of amides is 1. The fraction of sp³-hybridized carbons (Fsp3) is 0.778. The van der Waals surface area contributed by atoms with E-state index in [4.69, 9.17) is 4.74 Å². The maximum Gasteiger partial charge on any atom is 0.272 e. The van der Waals surface area contributed by atoms with Crippen molar-refractivity contribution >= 4 is 18.3 Å². The lowest BCUT2D eigenvalue weighted by Gasteiger charge is -2.38. The van der Waals surface area contributed by atoms with E-state index >= 15 is 0 Å². The molecule has 0 spiro atoms. The molecule has 7 nitrogen and oxygen atoms in total. The van der Waals surface area contributed by atoms with Gasteiger partial charge in [-0.25, -0.2) is 0 Å². The third-order valence-electron chi connectivity index (χ3n) is 5.60. The van der Waals surface area contributed by atoms with Crippen LogP contribution >= 0.6 is 12.4 Å². The Bertz CT molecular complexity index is 570. The van der Waals surface area contributed by atoms with E-state index in [1.807, 2.05) is 0 Å². The predicted octanol–water partition coefficient (Wildman–Crippen LogP) is 1.34. The van der Waals surface area contributed by atoms with E-state index in [-0.39, 0.29) is 18.3 Å². The lowest BCUT2D eigenvalue weighted by molar-refractivity contribution is 0.00190. The van der Waals surface area contributed by atoms with Crippen LogP contribution in [0.5, 0.6) is 0 Å². The van der Waals surface area contributed by atoms with Crippen LogP contribution in [-0.2, 0) is 17.7 Å². The van der Waals surface area contributed by atoms with Crippen molar-refractivity contribution in [3.8, 4) is 0 Å². The molecule has 1 amide bonds. The molecule has 1 aromatic heterocycles. The first kappa shape index (κ1) is 21.2. The number of carbonyl (C=O) groups excluding carboxylic acids is 1. The molecule has 3 N–H and O–H groups in total. The summed E-state index contributed by atoms with van der Waals surface area (Å²) in [5, 5.41) is 13.8. The fourth-order valence-corrected chi connectivity index (χ4v) is 4.03. The zero-order valence-corrected chi connectivity index (χ0v) is 16.7. The van der Waals surface area contributed by atoms with Gasteiger partial charge in [0.15, 0.2) is 5.69 Å². The molecule has 1 unspecified atom stereocenters. The highest BCUT2D eigenvalue weighted by molar-refractivity contribution is 5.94. The van der Waals surface area contributed by atoms with Gasteiger partial charge in [-0.2, -0.15) is 5.10 Å². The minimum Gasteiger partial charge on any atom is -0.379 e. The molecule has 1 fully saturated rings. The zero-order chi connectivity index (χ0) is 17.6. The average Bonchev–Trinajstić information content (AvgIpc) is 3.10.